The number of unbranched alkanes of at least 4 members (excludes halogenated alkanes) is 1. The van der Waals surface area contributed by atoms with Gasteiger partial charge in [-0.15, -0.1) is 0 Å². The number of nitrogens with one attached hydrogen (secondary N) is 1. The lowest BCUT2D eigenvalue weighted by Gasteiger charge is -2.09. The van der Waals surface area contributed by atoms with E-state index in [4.69, 9.17) is 18.9 Å². The first-order valence-corrected chi connectivity index (χ1v) is 13.2. The summed E-state index contributed by atoms with van der Waals surface area (Å²) in [6, 6.07) is 20.0. The van der Waals surface area contributed by atoms with Gasteiger partial charge >= 0.3 is 0 Å². The summed E-state index contributed by atoms with van der Waals surface area (Å²) < 4.78 is 22.3. The summed E-state index contributed by atoms with van der Waals surface area (Å²) >= 11 is 0.890. The summed E-state index contributed by atoms with van der Waals surface area (Å²) in [5, 5.41) is 1.88. The molecule has 3 aromatic rings. The van der Waals surface area contributed by atoms with Crippen molar-refractivity contribution in [1.82, 2.24) is 5.32 Å². The van der Waals surface area contributed by atoms with Crippen LogP contribution in [0.3, 0.4) is 0 Å². The first-order valence-electron chi connectivity index (χ1n) is 12.4. The number of ether oxygens (including phenoxy) is 4. The van der Waals surface area contributed by atoms with Crippen LogP contribution in [0.25, 0.3) is 12.2 Å². The number of carbonyl (C=O) groups excluding carboxylic acids is 3. The van der Waals surface area contributed by atoms with Gasteiger partial charge in [0.15, 0.2) is 17.3 Å². The minimum atomic E-state index is -0.375. The lowest BCUT2D eigenvalue weighted by Crippen LogP contribution is -2.17. The normalized spacial score (nSPS) is 15.1. The molecule has 2 aliphatic rings. The summed E-state index contributed by atoms with van der Waals surface area (Å²) in [5.41, 5.74) is 2.21. The summed E-state index contributed by atoms with van der Waals surface area (Å²) in [6.45, 7) is 1.24. The summed E-state index contributed by atoms with van der Waals surface area (Å²) in [4.78, 5) is 35.9. The summed E-state index contributed by atoms with van der Waals surface area (Å²) in [6.07, 6.45) is 6.53. The van der Waals surface area contributed by atoms with Gasteiger partial charge in [-0.05, 0) is 84.3 Å². The first kappa shape index (κ1) is 26.1. The van der Waals surface area contributed by atoms with Gasteiger partial charge in [-0.3, -0.25) is 19.7 Å². The zero-order chi connectivity index (χ0) is 27.0. The van der Waals surface area contributed by atoms with Crippen LogP contribution in [0.4, 0.5) is 4.79 Å². The van der Waals surface area contributed by atoms with Crippen molar-refractivity contribution in [2.24, 2.45) is 0 Å². The Balaban J connectivity index is 1.03. The molecule has 2 amide bonds. The van der Waals surface area contributed by atoms with E-state index in [-0.39, 0.29) is 23.7 Å². The van der Waals surface area contributed by atoms with Crippen molar-refractivity contribution in [3.05, 3.63) is 94.4 Å². The Labute approximate surface area is 229 Å². The van der Waals surface area contributed by atoms with Crippen LogP contribution < -0.4 is 24.3 Å². The van der Waals surface area contributed by atoms with E-state index in [9.17, 15) is 14.4 Å². The predicted molar refractivity (Wildman–Crippen MR) is 148 cm³/mol. The second-order valence-electron chi connectivity index (χ2n) is 8.66. The molecule has 5 rings (SSSR count). The van der Waals surface area contributed by atoms with Crippen LogP contribution in [-0.2, 0) is 4.79 Å². The van der Waals surface area contributed by atoms with Crippen LogP contribution in [0.1, 0.15) is 34.3 Å². The number of thioether (sulfide) groups is 1. The molecule has 0 aliphatic carbocycles. The van der Waals surface area contributed by atoms with Crippen LogP contribution in [0.15, 0.2) is 77.7 Å². The molecule has 0 atom stereocenters. The third-order valence-corrected chi connectivity index (χ3v) is 6.65. The van der Waals surface area contributed by atoms with Crippen molar-refractivity contribution in [2.75, 3.05) is 20.0 Å². The van der Waals surface area contributed by atoms with Gasteiger partial charge in [0.25, 0.3) is 11.1 Å². The fraction of sp³-hybridized carbons (Fsp3) is 0.167. The Hall–Kier alpha value is -4.50. The monoisotopic (exact) mass is 543 g/mol. The van der Waals surface area contributed by atoms with Crippen molar-refractivity contribution >= 4 is 40.8 Å². The zero-order valence-electron chi connectivity index (χ0n) is 20.9. The number of fused-ring (bicyclic) bond motifs is 1. The van der Waals surface area contributed by atoms with E-state index in [1.807, 2.05) is 48.5 Å². The van der Waals surface area contributed by atoms with Gasteiger partial charge in [0.2, 0.25) is 6.79 Å². The lowest BCUT2D eigenvalue weighted by atomic mass is 10.1. The summed E-state index contributed by atoms with van der Waals surface area (Å²) in [5.74, 6) is 2.24. The molecule has 0 saturated carbocycles. The number of benzene rings is 3. The molecule has 0 aromatic heterocycles. The molecule has 198 valence electrons. The smallest absolute Gasteiger partial charge is 0.290 e. The van der Waals surface area contributed by atoms with Crippen molar-refractivity contribution in [3.63, 3.8) is 0 Å². The molecular weight excluding hydrogens is 518 g/mol. The van der Waals surface area contributed by atoms with Crippen molar-refractivity contribution in [2.45, 2.75) is 12.8 Å². The number of carbonyl (C=O) groups is 3. The third kappa shape index (κ3) is 7.08. The Morgan fingerprint density at radius 2 is 1.62 bits per heavy atom. The molecule has 9 heteroatoms. The van der Waals surface area contributed by atoms with Crippen molar-refractivity contribution < 1.29 is 33.3 Å². The topological polar surface area (TPSA) is 100 Å². The number of rotatable bonds is 11. The number of ketones is 1. The number of imide groups is 1. The van der Waals surface area contributed by atoms with Crippen LogP contribution >= 0.6 is 11.8 Å². The predicted octanol–water partition coefficient (Wildman–Crippen LogP) is 5.87. The van der Waals surface area contributed by atoms with Gasteiger partial charge in [0.05, 0.1) is 18.1 Å². The van der Waals surface area contributed by atoms with E-state index in [0.717, 1.165) is 41.5 Å². The van der Waals surface area contributed by atoms with E-state index < -0.39 is 0 Å². The average Bonchev–Trinajstić information content (AvgIpc) is 3.54. The highest BCUT2D eigenvalue weighted by atomic mass is 32.2. The highest BCUT2D eigenvalue weighted by Crippen LogP contribution is 2.33. The SMILES string of the molecule is O=C1NC(=O)C(=Cc2ccc(OCCCCOc3cccc(C(=O)C=Cc4ccc5c(c4)OCO5)c3)cc2)S1. The minimum absolute atomic E-state index is 0.118. The summed E-state index contributed by atoms with van der Waals surface area (Å²) in [7, 11) is 0. The molecule has 0 bridgehead atoms. The lowest BCUT2D eigenvalue weighted by molar-refractivity contribution is -0.115. The third-order valence-electron chi connectivity index (χ3n) is 5.84. The maximum Gasteiger partial charge on any atom is 0.290 e. The maximum atomic E-state index is 12.6. The van der Waals surface area contributed by atoms with E-state index in [2.05, 4.69) is 5.32 Å². The van der Waals surface area contributed by atoms with Gasteiger partial charge in [0, 0.05) is 5.56 Å². The quantitative estimate of drug-likeness (QED) is 0.182. The maximum absolute atomic E-state index is 12.6. The van der Waals surface area contributed by atoms with Gasteiger partial charge in [-0.1, -0.05) is 36.4 Å². The minimum Gasteiger partial charge on any atom is -0.494 e. The van der Waals surface area contributed by atoms with Gasteiger partial charge in [0.1, 0.15) is 11.5 Å². The number of amides is 2. The van der Waals surface area contributed by atoms with Gasteiger partial charge in [-0.25, -0.2) is 0 Å². The fourth-order valence-electron chi connectivity index (χ4n) is 3.84. The van der Waals surface area contributed by atoms with E-state index in [0.29, 0.717) is 40.9 Å². The van der Waals surface area contributed by atoms with Crippen LogP contribution in [0.2, 0.25) is 0 Å². The number of hydrogen-bond donors (Lipinski definition) is 1. The fourth-order valence-corrected chi connectivity index (χ4v) is 4.52. The van der Waals surface area contributed by atoms with E-state index in [1.165, 1.54) is 6.08 Å². The molecule has 0 unspecified atom stereocenters. The molecule has 0 radical (unpaired) electrons. The average molecular weight is 544 g/mol. The van der Waals surface area contributed by atoms with Crippen molar-refractivity contribution in [3.8, 4) is 23.0 Å². The largest absolute Gasteiger partial charge is 0.494 e. The molecule has 2 aliphatic heterocycles. The van der Waals surface area contributed by atoms with E-state index in [1.54, 1.807) is 30.4 Å². The van der Waals surface area contributed by atoms with Crippen LogP contribution in [0, 0.1) is 0 Å². The highest BCUT2D eigenvalue weighted by molar-refractivity contribution is 8.18. The Bertz CT molecular complexity index is 1450. The molecule has 39 heavy (non-hydrogen) atoms. The van der Waals surface area contributed by atoms with Gasteiger partial charge in [-0.2, -0.15) is 0 Å². The zero-order valence-corrected chi connectivity index (χ0v) is 21.7. The molecule has 2 heterocycles. The Morgan fingerprint density at radius 1 is 0.872 bits per heavy atom. The second kappa shape index (κ2) is 12.4. The molecule has 1 saturated heterocycles. The second-order valence-corrected chi connectivity index (χ2v) is 9.68. The van der Waals surface area contributed by atoms with E-state index >= 15 is 0 Å². The molecule has 1 fully saturated rings. The van der Waals surface area contributed by atoms with Crippen LogP contribution in [-0.4, -0.2) is 36.9 Å². The molecular formula is C30H25NO7S. The molecule has 3 aromatic carbocycles. The van der Waals surface area contributed by atoms with Crippen LogP contribution in [0.5, 0.6) is 23.0 Å². The Kier molecular flexibility index (Phi) is 8.28. The Morgan fingerprint density at radius 3 is 2.38 bits per heavy atom. The van der Waals surface area contributed by atoms with Crippen molar-refractivity contribution in [1.29, 1.82) is 0 Å². The standard InChI is InChI=1S/C30H25NO7S/c32-25(12-8-20-9-13-26-27(16-20)38-19-37-26)22-4-3-5-24(18-22)36-15-2-1-14-35-23-10-6-21(7-11-23)17-28-29(33)31-30(34)39-28/h3-13,16-18H,1-2,14-15,19H2,(H,31,33,34). The first-order chi connectivity index (χ1) is 19.0. The number of allylic oxidation sites excluding steroid dienone is 1. The molecule has 1 N–H and O–H groups in total. The van der Waals surface area contributed by atoms with Gasteiger partial charge < -0.3 is 18.9 Å². The molecule has 0 spiro atoms. The molecule has 8 nitrogen and oxygen atoms in total. The highest BCUT2D eigenvalue weighted by Gasteiger charge is 2.24. The number of hydrogen-bond acceptors (Lipinski definition) is 8.